The van der Waals surface area contributed by atoms with E-state index in [1.54, 1.807) is 50.2 Å². The molecule has 0 bridgehead atoms. The van der Waals surface area contributed by atoms with Crippen molar-refractivity contribution in [3.8, 4) is 0 Å². The van der Waals surface area contributed by atoms with Crippen LogP contribution in [-0.4, -0.2) is 18.0 Å². The van der Waals surface area contributed by atoms with Crippen molar-refractivity contribution in [3.63, 3.8) is 0 Å². The summed E-state index contributed by atoms with van der Waals surface area (Å²) in [6.07, 6.45) is -0.207. The van der Waals surface area contributed by atoms with E-state index >= 15 is 0 Å². The number of hydrogen-bond acceptors (Lipinski definition) is 3. The SMILES string of the molecule is CC(C)OC(=O)CC(NC(=O)Cc1ccc(F)cc1)c1ccccc1Cl. The van der Waals surface area contributed by atoms with Gasteiger partial charge in [0.25, 0.3) is 0 Å². The van der Waals surface area contributed by atoms with E-state index in [1.165, 1.54) is 12.1 Å². The number of ether oxygens (including phenoxy) is 1. The lowest BCUT2D eigenvalue weighted by Gasteiger charge is -2.20. The second-order valence-corrected chi connectivity index (χ2v) is 6.59. The minimum Gasteiger partial charge on any atom is -0.463 e. The Kier molecular flexibility index (Phi) is 7.16. The number of benzene rings is 2. The average Bonchev–Trinajstić information content (AvgIpc) is 2.56. The molecule has 0 saturated carbocycles. The van der Waals surface area contributed by atoms with Crippen molar-refractivity contribution in [2.75, 3.05) is 0 Å². The summed E-state index contributed by atoms with van der Waals surface area (Å²) in [5.41, 5.74) is 1.31. The topological polar surface area (TPSA) is 55.4 Å². The molecule has 1 N–H and O–H groups in total. The van der Waals surface area contributed by atoms with Gasteiger partial charge in [0, 0.05) is 5.02 Å². The Morgan fingerprint density at radius 2 is 1.77 bits per heavy atom. The van der Waals surface area contributed by atoms with E-state index in [1.807, 2.05) is 0 Å². The Hall–Kier alpha value is -2.40. The molecule has 2 aromatic carbocycles. The molecule has 0 fully saturated rings. The number of halogens is 2. The fourth-order valence-corrected chi connectivity index (χ4v) is 2.77. The van der Waals surface area contributed by atoms with Crippen molar-refractivity contribution < 1.29 is 18.7 Å². The number of carbonyl (C=O) groups excluding carboxylic acids is 2. The van der Waals surface area contributed by atoms with Gasteiger partial charge in [0.05, 0.1) is 25.0 Å². The largest absolute Gasteiger partial charge is 0.463 e. The Bertz CT molecular complexity index is 762. The van der Waals surface area contributed by atoms with Gasteiger partial charge in [0.1, 0.15) is 5.82 Å². The molecule has 138 valence electrons. The number of hydrogen-bond donors (Lipinski definition) is 1. The van der Waals surface area contributed by atoms with Crippen LogP contribution in [0.5, 0.6) is 0 Å². The summed E-state index contributed by atoms with van der Waals surface area (Å²) in [4.78, 5) is 24.5. The summed E-state index contributed by atoms with van der Waals surface area (Å²) in [5.74, 6) is -1.08. The highest BCUT2D eigenvalue weighted by molar-refractivity contribution is 6.31. The molecular weight excluding hydrogens is 357 g/mol. The minimum absolute atomic E-state index is 0.0307. The third-order valence-electron chi connectivity index (χ3n) is 3.63. The predicted octanol–water partition coefficient (Wildman–Crippen LogP) is 4.22. The minimum atomic E-state index is -0.608. The van der Waals surface area contributed by atoms with Crippen LogP contribution in [0, 0.1) is 5.82 Å². The average molecular weight is 378 g/mol. The Balaban J connectivity index is 2.12. The molecule has 0 saturated heterocycles. The summed E-state index contributed by atoms with van der Waals surface area (Å²) in [7, 11) is 0. The summed E-state index contributed by atoms with van der Waals surface area (Å²) >= 11 is 6.22. The second kappa shape index (κ2) is 9.34. The van der Waals surface area contributed by atoms with Crippen LogP contribution >= 0.6 is 11.6 Å². The summed E-state index contributed by atoms with van der Waals surface area (Å²) in [5, 5.41) is 3.28. The van der Waals surface area contributed by atoms with Crippen molar-refractivity contribution in [1.82, 2.24) is 5.32 Å². The molecule has 0 aliphatic heterocycles. The first-order valence-electron chi connectivity index (χ1n) is 8.33. The van der Waals surface area contributed by atoms with Crippen LogP contribution in [-0.2, 0) is 20.7 Å². The smallest absolute Gasteiger partial charge is 0.308 e. The molecule has 6 heteroatoms. The molecule has 4 nitrogen and oxygen atoms in total. The molecule has 0 aliphatic carbocycles. The highest BCUT2D eigenvalue weighted by atomic mass is 35.5. The van der Waals surface area contributed by atoms with Gasteiger partial charge in [0.15, 0.2) is 0 Å². The first kappa shape index (κ1) is 19.9. The van der Waals surface area contributed by atoms with Crippen molar-refractivity contribution in [3.05, 3.63) is 70.5 Å². The molecule has 0 heterocycles. The van der Waals surface area contributed by atoms with Crippen LogP contribution in [0.3, 0.4) is 0 Å². The van der Waals surface area contributed by atoms with Crippen LogP contribution < -0.4 is 5.32 Å². The predicted molar refractivity (Wildman–Crippen MR) is 98.3 cm³/mol. The lowest BCUT2D eigenvalue weighted by atomic mass is 10.0. The maximum absolute atomic E-state index is 13.0. The fraction of sp³-hybridized carbons (Fsp3) is 0.300. The van der Waals surface area contributed by atoms with Gasteiger partial charge >= 0.3 is 5.97 Å². The van der Waals surface area contributed by atoms with E-state index in [-0.39, 0.29) is 30.7 Å². The van der Waals surface area contributed by atoms with Gasteiger partial charge in [-0.05, 0) is 43.2 Å². The van der Waals surface area contributed by atoms with Crippen LogP contribution in [0.1, 0.15) is 37.4 Å². The summed E-state index contributed by atoms with van der Waals surface area (Å²) in [6, 6.07) is 12.1. The number of rotatable bonds is 7. The van der Waals surface area contributed by atoms with Gasteiger partial charge in [0.2, 0.25) is 5.91 Å². The van der Waals surface area contributed by atoms with Gasteiger partial charge in [-0.1, -0.05) is 41.9 Å². The van der Waals surface area contributed by atoms with E-state index in [0.29, 0.717) is 16.1 Å². The van der Waals surface area contributed by atoms with Crippen LogP contribution in [0.2, 0.25) is 5.02 Å². The molecule has 2 aromatic rings. The standard InChI is InChI=1S/C20H21ClFNO3/c1-13(2)26-20(25)12-18(16-5-3-4-6-17(16)21)23-19(24)11-14-7-9-15(22)10-8-14/h3-10,13,18H,11-12H2,1-2H3,(H,23,24). The number of esters is 1. The number of nitrogens with one attached hydrogen (secondary N) is 1. The summed E-state index contributed by atoms with van der Waals surface area (Å²) < 4.78 is 18.2. The molecular formula is C20H21ClFNO3. The Morgan fingerprint density at radius 3 is 2.38 bits per heavy atom. The first-order chi connectivity index (χ1) is 12.3. The van der Waals surface area contributed by atoms with Crippen molar-refractivity contribution in [1.29, 1.82) is 0 Å². The van der Waals surface area contributed by atoms with E-state index in [9.17, 15) is 14.0 Å². The number of amides is 1. The quantitative estimate of drug-likeness (QED) is 0.735. The zero-order valence-electron chi connectivity index (χ0n) is 14.7. The molecule has 0 radical (unpaired) electrons. The zero-order valence-corrected chi connectivity index (χ0v) is 15.4. The van der Waals surface area contributed by atoms with Gasteiger partial charge in [-0.2, -0.15) is 0 Å². The molecule has 0 aliphatic rings. The lowest BCUT2D eigenvalue weighted by molar-refractivity contribution is -0.148. The molecule has 1 unspecified atom stereocenters. The van der Waals surface area contributed by atoms with Gasteiger partial charge in [-0.3, -0.25) is 9.59 Å². The zero-order chi connectivity index (χ0) is 19.1. The Morgan fingerprint density at radius 1 is 1.12 bits per heavy atom. The van der Waals surface area contributed by atoms with E-state index in [4.69, 9.17) is 16.3 Å². The third-order valence-corrected chi connectivity index (χ3v) is 3.98. The van der Waals surface area contributed by atoms with Gasteiger partial charge in [-0.15, -0.1) is 0 Å². The van der Waals surface area contributed by atoms with Crippen molar-refractivity contribution in [2.24, 2.45) is 0 Å². The van der Waals surface area contributed by atoms with E-state index < -0.39 is 12.0 Å². The van der Waals surface area contributed by atoms with Crippen LogP contribution in [0.25, 0.3) is 0 Å². The van der Waals surface area contributed by atoms with E-state index in [2.05, 4.69) is 5.32 Å². The molecule has 2 rings (SSSR count). The summed E-state index contributed by atoms with van der Waals surface area (Å²) in [6.45, 7) is 3.52. The maximum Gasteiger partial charge on any atom is 0.308 e. The lowest BCUT2D eigenvalue weighted by Crippen LogP contribution is -2.32. The molecule has 26 heavy (non-hydrogen) atoms. The van der Waals surface area contributed by atoms with Crippen molar-refractivity contribution >= 4 is 23.5 Å². The number of carbonyl (C=O) groups is 2. The van der Waals surface area contributed by atoms with Crippen molar-refractivity contribution in [2.45, 2.75) is 38.8 Å². The van der Waals surface area contributed by atoms with Crippen LogP contribution in [0.15, 0.2) is 48.5 Å². The normalized spacial score (nSPS) is 11.9. The Labute approximate surface area is 157 Å². The molecule has 1 amide bonds. The molecule has 0 spiro atoms. The third kappa shape index (κ3) is 6.15. The fourth-order valence-electron chi connectivity index (χ4n) is 2.51. The maximum atomic E-state index is 13.0. The molecule has 0 aromatic heterocycles. The van der Waals surface area contributed by atoms with Crippen LogP contribution in [0.4, 0.5) is 4.39 Å². The monoisotopic (exact) mass is 377 g/mol. The van der Waals surface area contributed by atoms with Gasteiger partial charge in [-0.25, -0.2) is 4.39 Å². The first-order valence-corrected chi connectivity index (χ1v) is 8.70. The van der Waals surface area contributed by atoms with Gasteiger partial charge < -0.3 is 10.1 Å². The van der Waals surface area contributed by atoms with E-state index in [0.717, 1.165) is 0 Å². The molecule has 1 atom stereocenters. The second-order valence-electron chi connectivity index (χ2n) is 6.19. The highest BCUT2D eigenvalue weighted by Crippen LogP contribution is 2.25. The highest BCUT2D eigenvalue weighted by Gasteiger charge is 2.22.